The van der Waals surface area contributed by atoms with Gasteiger partial charge in [-0.15, -0.1) is 0 Å². The van der Waals surface area contributed by atoms with Gasteiger partial charge in [0, 0.05) is 19.5 Å². The Labute approximate surface area is 136 Å². The lowest BCUT2D eigenvalue weighted by Crippen LogP contribution is -3.00. The molecule has 2 N–H and O–H groups in total. The maximum atomic E-state index is 12.9. The van der Waals surface area contributed by atoms with E-state index >= 15 is 0 Å². The number of alkyl halides is 3. The first-order valence-corrected chi connectivity index (χ1v) is 6.55. The zero-order valence-electron chi connectivity index (χ0n) is 12.8. The Hall–Kier alpha value is -2.17. The van der Waals surface area contributed by atoms with Gasteiger partial charge in [0.2, 0.25) is 11.4 Å². The van der Waals surface area contributed by atoms with Crippen LogP contribution < -0.4 is 9.96 Å². The van der Waals surface area contributed by atoms with Gasteiger partial charge in [0.1, 0.15) is 5.56 Å². The summed E-state index contributed by atoms with van der Waals surface area (Å²) in [7, 11) is 1.39. The van der Waals surface area contributed by atoms with Gasteiger partial charge in [-0.2, -0.15) is 28.2 Å². The molecule has 0 amide bonds. The van der Waals surface area contributed by atoms with Gasteiger partial charge < -0.3 is 10.4 Å². The van der Waals surface area contributed by atoms with Crippen LogP contribution in [-0.4, -0.2) is 15.0 Å². The molecule has 2 heterocycles. The number of rotatable bonds is 2. The molecule has 0 bridgehead atoms. The molecule has 0 aliphatic heterocycles. The minimum Gasteiger partial charge on any atom is -0.618 e. The topological polar surface area (TPSA) is 92.5 Å². The van der Waals surface area contributed by atoms with Crippen LogP contribution in [0.2, 0.25) is 0 Å². The van der Waals surface area contributed by atoms with Crippen LogP contribution in [0.3, 0.4) is 0 Å². The highest BCUT2D eigenvalue weighted by molar-refractivity contribution is 5.64. The number of aryl methyl sites for hydroxylation is 2. The third kappa shape index (κ3) is 3.07. The van der Waals surface area contributed by atoms with Crippen molar-refractivity contribution in [3.8, 4) is 11.4 Å². The Morgan fingerprint density at radius 1 is 1.29 bits per heavy atom. The quantitative estimate of drug-likeness (QED) is 0.491. The monoisotopic (exact) mass is 348 g/mol. The lowest BCUT2D eigenvalue weighted by Gasteiger charge is -2.15. The van der Waals surface area contributed by atoms with Gasteiger partial charge in [0.15, 0.2) is 5.69 Å². The Bertz CT molecular complexity index is 770. The van der Waals surface area contributed by atoms with Gasteiger partial charge in [0.25, 0.3) is 5.82 Å². The average Bonchev–Trinajstić information content (AvgIpc) is 2.68. The predicted molar refractivity (Wildman–Crippen MR) is 79.3 cm³/mol. The molecule has 0 aromatic carbocycles. The van der Waals surface area contributed by atoms with Crippen LogP contribution in [0.25, 0.3) is 11.4 Å². The fourth-order valence-electron chi connectivity index (χ4n) is 2.55. The van der Waals surface area contributed by atoms with Crippen LogP contribution in [0.1, 0.15) is 29.8 Å². The second-order valence-electron chi connectivity index (χ2n) is 5.22. The number of pyridine rings is 1. The van der Waals surface area contributed by atoms with Crippen molar-refractivity contribution in [1.29, 1.82) is 0 Å². The predicted octanol–water partition coefficient (Wildman–Crippen LogP) is 1.70. The van der Waals surface area contributed by atoms with Crippen molar-refractivity contribution in [3.63, 3.8) is 0 Å². The summed E-state index contributed by atoms with van der Waals surface area (Å²) in [5.41, 5.74) is -1.30. The van der Waals surface area contributed by atoms with Gasteiger partial charge in [-0.1, -0.05) is 7.43 Å². The van der Waals surface area contributed by atoms with Crippen LogP contribution in [0.5, 0.6) is 0 Å². The van der Waals surface area contributed by atoms with E-state index in [1.54, 1.807) is 0 Å². The maximum absolute atomic E-state index is 12.9. The highest BCUT2D eigenvalue weighted by Gasteiger charge is 2.38. The smallest absolute Gasteiger partial charge is 0.422 e. The molecule has 2 aromatic heterocycles. The maximum Gasteiger partial charge on any atom is 0.422 e. The first-order valence-electron chi connectivity index (χ1n) is 6.55. The molecule has 2 rings (SSSR count). The minimum atomic E-state index is -4.65. The lowest BCUT2D eigenvalue weighted by atomic mass is 10.0. The first kappa shape index (κ1) is 19.9. The normalized spacial score (nSPS) is 12.9. The fourth-order valence-corrected chi connectivity index (χ4v) is 2.55. The first-order chi connectivity index (χ1) is 10.5. The summed E-state index contributed by atoms with van der Waals surface area (Å²) < 4.78 is 40.1. The second-order valence-corrected chi connectivity index (χ2v) is 5.22. The molecule has 0 saturated heterocycles. The summed E-state index contributed by atoms with van der Waals surface area (Å²) in [5.74, 6) is -0.128. The minimum absolute atomic E-state index is 0. The van der Waals surface area contributed by atoms with E-state index in [0.717, 1.165) is 17.7 Å². The van der Waals surface area contributed by atoms with E-state index in [1.165, 1.54) is 20.9 Å². The molecule has 0 spiro atoms. The Morgan fingerprint density at radius 2 is 1.83 bits per heavy atom. The van der Waals surface area contributed by atoms with Crippen LogP contribution >= 0.6 is 0 Å². The summed E-state index contributed by atoms with van der Waals surface area (Å²) >= 11 is 0. The molecular weight excluding hydrogens is 329 g/mol. The largest absolute Gasteiger partial charge is 0.618 e. The molecule has 1 unspecified atom stereocenters. The third-order valence-corrected chi connectivity index (χ3v) is 3.65. The zero-order valence-corrected chi connectivity index (χ0v) is 12.8. The number of hydrogen-bond donors (Lipinski definition) is 2. The van der Waals surface area contributed by atoms with Crippen molar-refractivity contribution in [2.45, 2.75) is 34.4 Å². The Balaban J connectivity index is 0.00000288. The van der Waals surface area contributed by atoms with Crippen molar-refractivity contribution in [3.05, 3.63) is 38.9 Å². The van der Waals surface area contributed by atoms with E-state index in [9.17, 15) is 23.6 Å². The summed E-state index contributed by atoms with van der Waals surface area (Å²) in [6, 6.07) is 0.869. The van der Waals surface area contributed by atoms with Crippen LogP contribution in [0.4, 0.5) is 19.0 Å². The summed E-state index contributed by atoms with van der Waals surface area (Å²) in [5, 5.41) is 35.4. The van der Waals surface area contributed by atoms with E-state index < -0.39 is 22.7 Å². The summed E-state index contributed by atoms with van der Waals surface area (Å²) in [4.78, 5) is 0. The molecule has 0 aliphatic carbocycles. The molecule has 0 fully saturated rings. The average molecular weight is 348 g/mol. The molecule has 0 saturated carbocycles. The molecule has 134 valence electrons. The van der Waals surface area contributed by atoms with Crippen molar-refractivity contribution >= 4 is 5.82 Å². The number of halogens is 3. The van der Waals surface area contributed by atoms with Gasteiger partial charge in [-0.25, -0.2) is 9.89 Å². The van der Waals surface area contributed by atoms with E-state index in [1.807, 2.05) is 0 Å². The molecule has 0 radical (unpaired) electrons. The van der Waals surface area contributed by atoms with Gasteiger partial charge in [-0.05, 0) is 19.9 Å². The molecule has 1 atom stereocenters. The van der Waals surface area contributed by atoms with E-state index in [2.05, 4.69) is 5.10 Å². The number of aromatic nitrogens is 3. The number of quaternary nitrogens is 1. The van der Waals surface area contributed by atoms with Gasteiger partial charge in [-0.3, -0.25) is 0 Å². The number of nitrogens with zero attached hydrogens (tertiary/aromatic N) is 3. The molecule has 24 heavy (non-hydrogen) atoms. The summed E-state index contributed by atoms with van der Waals surface area (Å²) in [6.07, 6.45) is -4.65. The van der Waals surface area contributed by atoms with Crippen LogP contribution in [-0.2, 0) is 13.2 Å². The lowest BCUT2D eigenvalue weighted by molar-refractivity contribution is -0.994. The van der Waals surface area contributed by atoms with Gasteiger partial charge >= 0.3 is 6.18 Å². The zero-order chi connectivity index (χ0) is 17.7. The summed E-state index contributed by atoms with van der Waals surface area (Å²) in [6.45, 7) is 3.88. The molecule has 2 aromatic rings. The van der Waals surface area contributed by atoms with Crippen molar-refractivity contribution in [1.82, 2.24) is 9.78 Å². The van der Waals surface area contributed by atoms with Crippen molar-refractivity contribution < 1.29 is 28.3 Å². The van der Waals surface area contributed by atoms with Gasteiger partial charge in [0.05, 0.1) is 5.56 Å². The Morgan fingerprint density at radius 3 is 2.25 bits per heavy atom. The van der Waals surface area contributed by atoms with Crippen LogP contribution in [0, 0.1) is 31.2 Å². The number of nitrogens with one attached hydrogen (secondary N) is 1. The number of hydrogen-bond acceptors (Lipinski definition) is 4. The molecule has 0 aliphatic rings. The standard InChI is InChI=1S/C13H15F3N4O3.CH4/c1-6-5-9(13(14,15)16)8(3)19(21)11(6)10-7(2)12(20(22)23)18(4)17-10;/h5,20,22H,1-4H3;1H4. The molecular formula is C14H19F3N4O3. The third-order valence-electron chi connectivity index (χ3n) is 3.65. The van der Waals surface area contributed by atoms with Crippen LogP contribution in [0.15, 0.2) is 6.07 Å². The van der Waals surface area contributed by atoms with E-state index in [-0.39, 0.29) is 40.5 Å². The molecule has 7 nitrogen and oxygen atoms in total. The Kier molecular flexibility index (Phi) is 5.28. The highest BCUT2D eigenvalue weighted by Crippen LogP contribution is 2.34. The molecule has 10 heteroatoms. The second kappa shape index (κ2) is 6.38. The highest BCUT2D eigenvalue weighted by atomic mass is 19.4. The van der Waals surface area contributed by atoms with Crippen molar-refractivity contribution in [2.75, 3.05) is 0 Å². The fraction of sp³-hybridized carbons (Fsp3) is 0.429. The SMILES string of the molecule is C.Cc1cc(C(F)(F)F)c(C)[n+]([O-])c1-c1nn(C)c([NH+]([O-])O)c1C. The van der Waals surface area contributed by atoms with Crippen molar-refractivity contribution in [2.24, 2.45) is 7.05 Å². The van der Waals surface area contributed by atoms with E-state index in [0.29, 0.717) is 0 Å². The van der Waals surface area contributed by atoms with E-state index in [4.69, 9.17) is 5.21 Å².